The molecule has 0 aromatic carbocycles. The van der Waals surface area contributed by atoms with Gasteiger partial charge in [0.1, 0.15) is 5.69 Å². The molecule has 2 aromatic heterocycles. The molecule has 0 bridgehead atoms. The van der Waals surface area contributed by atoms with Crippen LogP contribution in [-0.2, 0) is 0 Å². The predicted molar refractivity (Wildman–Crippen MR) is 51.3 cm³/mol. The number of aryl methyl sites for hydroxylation is 2. The average molecular weight is 191 g/mol. The van der Waals surface area contributed by atoms with Crippen LogP contribution in [0.15, 0.2) is 18.3 Å². The van der Waals surface area contributed by atoms with Crippen LogP contribution in [0.4, 0.5) is 5.82 Å². The first kappa shape index (κ1) is 8.68. The van der Waals surface area contributed by atoms with Gasteiger partial charge in [0, 0.05) is 5.56 Å². The van der Waals surface area contributed by atoms with Gasteiger partial charge in [-0.25, -0.2) is 4.98 Å². The normalized spacial score (nSPS) is 10.7. The summed E-state index contributed by atoms with van der Waals surface area (Å²) in [6.07, 6.45) is 1.65. The number of fused-ring (bicyclic) bond motifs is 1. The number of nitro groups is 1. The molecule has 0 aliphatic heterocycles. The lowest BCUT2D eigenvalue weighted by Gasteiger charge is -1.94. The van der Waals surface area contributed by atoms with Crippen LogP contribution in [0.5, 0.6) is 0 Å². The van der Waals surface area contributed by atoms with Gasteiger partial charge in [0.15, 0.2) is 0 Å². The van der Waals surface area contributed by atoms with Crippen molar-refractivity contribution in [3.05, 3.63) is 39.7 Å². The summed E-state index contributed by atoms with van der Waals surface area (Å²) in [5.41, 5.74) is 2.03. The third-order valence-electron chi connectivity index (χ3n) is 2.16. The zero-order chi connectivity index (χ0) is 10.3. The molecule has 0 spiro atoms. The Morgan fingerprint density at radius 3 is 2.86 bits per heavy atom. The monoisotopic (exact) mass is 191 g/mol. The van der Waals surface area contributed by atoms with E-state index >= 15 is 0 Å². The van der Waals surface area contributed by atoms with E-state index in [2.05, 4.69) is 4.98 Å². The van der Waals surface area contributed by atoms with Crippen molar-refractivity contribution in [2.75, 3.05) is 0 Å². The summed E-state index contributed by atoms with van der Waals surface area (Å²) in [5.74, 6) is 0.0451. The fourth-order valence-electron chi connectivity index (χ4n) is 1.52. The molecular weight excluding hydrogens is 182 g/mol. The third-order valence-corrected chi connectivity index (χ3v) is 2.16. The Morgan fingerprint density at radius 1 is 1.50 bits per heavy atom. The van der Waals surface area contributed by atoms with Gasteiger partial charge in [0.2, 0.25) is 5.65 Å². The minimum atomic E-state index is -0.408. The van der Waals surface area contributed by atoms with Gasteiger partial charge in [-0.2, -0.15) is 4.40 Å². The quantitative estimate of drug-likeness (QED) is 0.510. The van der Waals surface area contributed by atoms with Crippen LogP contribution in [0.25, 0.3) is 5.65 Å². The van der Waals surface area contributed by atoms with E-state index in [1.165, 1.54) is 4.40 Å². The largest absolute Gasteiger partial charge is 0.358 e. The molecule has 5 heteroatoms. The lowest BCUT2D eigenvalue weighted by molar-refractivity contribution is -0.390. The molecule has 0 aliphatic carbocycles. The minimum absolute atomic E-state index is 0.0451. The summed E-state index contributed by atoms with van der Waals surface area (Å²) in [6.45, 7) is 3.52. The first-order valence-electron chi connectivity index (χ1n) is 4.20. The maximum atomic E-state index is 10.8. The highest BCUT2D eigenvalue weighted by Gasteiger charge is 2.19. The lowest BCUT2D eigenvalue weighted by Crippen LogP contribution is -1.95. The van der Waals surface area contributed by atoms with Crippen LogP contribution in [0.1, 0.15) is 11.3 Å². The van der Waals surface area contributed by atoms with Crippen LogP contribution in [0.2, 0.25) is 0 Å². The zero-order valence-corrected chi connectivity index (χ0v) is 7.89. The topological polar surface area (TPSA) is 60.4 Å². The molecule has 2 aromatic rings. The van der Waals surface area contributed by atoms with E-state index in [1.807, 2.05) is 13.0 Å². The first-order chi connectivity index (χ1) is 6.61. The highest BCUT2D eigenvalue weighted by Crippen LogP contribution is 2.21. The molecule has 0 unspecified atom stereocenters. The lowest BCUT2D eigenvalue weighted by atomic mass is 10.3. The molecular formula is C9H9N3O2. The molecule has 0 N–H and O–H groups in total. The Kier molecular flexibility index (Phi) is 1.73. The summed E-state index contributed by atoms with van der Waals surface area (Å²) in [5, 5.41) is 10.8. The minimum Gasteiger partial charge on any atom is -0.358 e. The fourth-order valence-corrected chi connectivity index (χ4v) is 1.52. The highest BCUT2D eigenvalue weighted by atomic mass is 16.6. The van der Waals surface area contributed by atoms with E-state index in [-0.39, 0.29) is 5.82 Å². The Bertz CT molecular complexity index is 516. The molecule has 5 nitrogen and oxygen atoms in total. The van der Waals surface area contributed by atoms with E-state index in [0.29, 0.717) is 11.3 Å². The van der Waals surface area contributed by atoms with Crippen molar-refractivity contribution in [2.24, 2.45) is 0 Å². The average Bonchev–Trinajstić information content (AvgIpc) is 2.42. The highest BCUT2D eigenvalue weighted by molar-refractivity contribution is 5.54. The van der Waals surface area contributed by atoms with Crippen LogP contribution >= 0.6 is 0 Å². The molecule has 14 heavy (non-hydrogen) atoms. The Hall–Kier alpha value is -1.91. The fraction of sp³-hybridized carbons (Fsp3) is 0.222. The van der Waals surface area contributed by atoms with Crippen molar-refractivity contribution in [3.63, 3.8) is 0 Å². The van der Waals surface area contributed by atoms with E-state index in [9.17, 15) is 10.1 Å². The summed E-state index contributed by atoms with van der Waals surface area (Å²) in [6, 6.07) is 3.65. The third kappa shape index (κ3) is 1.06. The van der Waals surface area contributed by atoms with Crippen molar-refractivity contribution in [1.82, 2.24) is 9.38 Å². The number of pyridine rings is 1. The molecule has 72 valence electrons. The standard InChI is InChI=1S/C9H9N3O2/c1-6-4-3-5-11-8(6)10-7(2)9(11)12(13)14/h3-5H,1-2H3. The van der Waals surface area contributed by atoms with E-state index in [4.69, 9.17) is 0 Å². The second kappa shape index (κ2) is 2.80. The molecule has 0 amide bonds. The molecule has 2 heterocycles. The number of aromatic nitrogens is 2. The van der Waals surface area contributed by atoms with Crippen LogP contribution in [-0.4, -0.2) is 14.3 Å². The van der Waals surface area contributed by atoms with E-state index in [1.54, 1.807) is 19.2 Å². The van der Waals surface area contributed by atoms with E-state index < -0.39 is 4.92 Å². The molecule has 0 radical (unpaired) electrons. The van der Waals surface area contributed by atoms with Gasteiger partial charge in [-0.1, -0.05) is 0 Å². The van der Waals surface area contributed by atoms with Gasteiger partial charge in [-0.15, -0.1) is 0 Å². The Balaban J connectivity index is 2.90. The van der Waals surface area contributed by atoms with Gasteiger partial charge >= 0.3 is 5.82 Å². The number of imidazole rings is 1. The maximum Gasteiger partial charge on any atom is 0.350 e. The summed E-state index contributed by atoms with van der Waals surface area (Å²) in [4.78, 5) is 14.5. The SMILES string of the molecule is Cc1nc2c(C)cccn2c1[N+](=O)[O-]. The van der Waals surface area contributed by atoms with Crippen LogP contribution in [0.3, 0.4) is 0 Å². The molecule has 0 fully saturated rings. The smallest absolute Gasteiger partial charge is 0.350 e. The predicted octanol–water partition coefficient (Wildman–Crippen LogP) is 1.86. The van der Waals surface area contributed by atoms with Gasteiger partial charge in [0.05, 0.1) is 6.20 Å². The van der Waals surface area contributed by atoms with Crippen molar-refractivity contribution in [2.45, 2.75) is 13.8 Å². The first-order valence-corrected chi connectivity index (χ1v) is 4.20. The maximum absolute atomic E-state index is 10.8. The van der Waals surface area contributed by atoms with Gasteiger partial charge in [0.25, 0.3) is 0 Å². The molecule has 0 atom stereocenters. The number of hydrogen-bond donors (Lipinski definition) is 0. The van der Waals surface area contributed by atoms with Crippen molar-refractivity contribution in [3.8, 4) is 0 Å². The Morgan fingerprint density at radius 2 is 2.21 bits per heavy atom. The van der Waals surface area contributed by atoms with Crippen molar-refractivity contribution < 1.29 is 4.92 Å². The van der Waals surface area contributed by atoms with Gasteiger partial charge < -0.3 is 10.1 Å². The summed E-state index contributed by atoms with van der Waals surface area (Å²) < 4.78 is 1.50. The molecule has 0 saturated heterocycles. The van der Waals surface area contributed by atoms with Gasteiger partial charge in [-0.3, -0.25) is 0 Å². The molecule has 0 saturated carbocycles. The second-order valence-electron chi connectivity index (χ2n) is 3.16. The molecule has 0 aliphatic rings. The summed E-state index contributed by atoms with van der Waals surface area (Å²) >= 11 is 0. The second-order valence-corrected chi connectivity index (χ2v) is 3.16. The van der Waals surface area contributed by atoms with Crippen molar-refractivity contribution in [1.29, 1.82) is 0 Å². The number of nitrogens with zero attached hydrogens (tertiary/aromatic N) is 3. The molecule has 2 rings (SSSR count). The number of hydrogen-bond acceptors (Lipinski definition) is 3. The van der Waals surface area contributed by atoms with Crippen LogP contribution < -0.4 is 0 Å². The zero-order valence-electron chi connectivity index (χ0n) is 7.89. The van der Waals surface area contributed by atoms with Gasteiger partial charge in [-0.05, 0) is 30.9 Å². The van der Waals surface area contributed by atoms with Crippen molar-refractivity contribution >= 4 is 11.5 Å². The Labute approximate surface area is 80.2 Å². The van der Waals surface area contributed by atoms with E-state index in [0.717, 1.165) is 5.56 Å². The van der Waals surface area contributed by atoms with Crippen LogP contribution in [0, 0.1) is 24.0 Å². The number of rotatable bonds is 1. The summed E-state index contributed by atoms with van der Waals surface area (Å²) in [7, 11) is 0.